The summed E-state index contributed by atoms with van der Waals surface area (Å²) in [5, 5.41) is 0.378. The highest BCUT2D eigenvalue weighted by atomic mass is 79.9. The average Bonchev–Trinajstić information content (AvgIpc) is 2.35. The standard InChI is InChI=1S/C12H9Br2ClN2O/c1-18-6-9-10(14)11(15)17-12(16-9)7-4-2-3-5-8(7)13/h2-5H,6H2,1H3. The molecule has 1 aromatic heterocycles. The number of aromatic nitrogens is 2. The Bertz CT molecular complexity index is 578. The second-order valence-corrected chi connectivity index (χ2v) is 5.52. The van der Waals surface area contributed by atoms with Crippen LogP contribution in [0, 0.1) is 0 Å². The van der Waals surface area contributed by atoms with Gasteiger partial charge in [0, 0.05) is 17.1 Å². The lowest BCUT2D eigenvalue weighted by atomic mass is 10.2. The lowest BCUT2D eigenvalue weighted by molar-refractivity contribution is 0.181. The SMILES string of the molecule is COCc1nc(-c2ccccc2Br)nc(Cl)c1Br. The molecule has 0 amide bonds. The maximum absolute atomic E-state index is 6.09. The van der Waals surface area contributed by atoms with Crippen LogP contribution in [0.25, 0.3) is 11.4 Å². The summed E-state index contributed by atoms with van der Waals surface area (Å²) >= 11 is 12.9. The Kier molecular flexibility index (Phi) is 4.72. The van der Waals surface area contributed by atoms with Crippen LogP contribution < -0.4 is 0 Å². The number of ether oxygens (including phenoxy) is 1. The Balaban J connectivity index is 2.56. The van der Waals surface area contributed by atoms with Crippen LogP contribution in [0.2, 0.25) is 5.15 Å². The smallest absolute Gasteiger partial charge is 0.162 e. The molecular formula is C12H9Br2ClN2O. The topological polar surface area (TPSA) is 35.0 Å². The molecule has 94 valence electrons. The molecule has 0 saturated carbocycles. The Labute approximate surface area is 127 Å². The van der Waals surface area contributed by atoms with Gasteiger partial charge in [0.1, 0.15) is 5.15 Å². The third-order valence-electron chi connectivity index (χ3n) is 2.28. The number of rotatable bonds is 3. The number of halogens is 3. The predicted octanol–water partition coefficient (Wildman–Crippen LogP) is 4.47. The van der Waals surface area contributed by atoms with Gasteiger partial charge in [-0.2, -0.15) is 0 Å². The molecule has 0 aliphatic heterocycles. The maximum atomic E-state index is 6.09. The lowest BCUT2D eigenvalue weighted by Crippen LogP contribution is -2.00. The number of hydrogen-bond acceptors (Lipinski definition) is 3. The summed E-state index contributed by atoms with van der Waals surface area (Å²) in [6.07, 6.45) is 0. The quantitative estimate of drug-likeness (QED) is 0.723. The van der Waals surface area contributed by atoms with E-state index in [0.29, 0.717) is 22.1 Å². The summed E-state index contributed by atoms with van der Waals surface area (Å²) in [4.78, 5) is 8.73. The molecule has 1 heterocycles. The fourth-order valence-electron chi connectivity index (χ4n) is 1.46. The van der Waals surface area contributed by atoms with Gasteiger partial charge in [-0.15, -0.1) is 0 Å². The average molecular weight is 392 g/mol. The molecule has 3 nitrogen and oxygen atoms in total. The minimum Gasteiger partial charge on any atom is -0.378 e. The second kappa shape index (κ2) is 6.10. The van der Waals surface area contributed by atoms with Crippen LogP contribution in [-0.2, 0) is 11.3 Å². The number of methoxy groups -OCH3 is 1. The maximum Gasteiger partial charge on any atom is 0.162 e. The van der Waals surface area contributed by atoms with E-state index in [0.717, 1.165) is 15.7 Å². The van der Waals surface area contributed by atoms with Crippen LogP contribution in [0.1, 0.15) is 5.69 Å². The third-order valence-corrected chi connectivity index (χ3v) is 4.30. The van der Waals surface area contributed by atoms with Crippen molar-refractivity contribution in [1.29, 1.82) is 0 Å². The molecule has 0 aliphatic carbocycles. The van der Waals surface area contributed by atoms with Gasteiger partial charge in [0.15, 0.2) is 5.82 Å². The number of benzene rings is 1. The summed E-state index contributed by atoms with van der Waals surface area (Å²) in [6, 6.07) is 7.73. The zero-order valence-electron chi connectivity index (χ0n) is 9.45. The van der Waals surface area contributed by atoms with E-state index in [2.05, 4.69) is 41.8 Å². The molecule has 0 radical (unpaired) electrons. The van der Waals surface area contributed by atoms with Crippen LogP contribution in [0.15, 0.2) is 33.2 Å². The van der Waals surface area contributed by atoms with Crippen molar-refractivity contribution >= 4 is 43.5 Å². The Morgan fingerprint density at radius 1 is 1.22 bits per heavy atom. The van der Waals surface area contributed by atoms with Crippen LogP contribution in [-0.4, -0.2) is 17.1 Å². The molecule has 0 aliphatic rings. The largest absolute Gasteiger partial charge is 0.378 e. The molecule has 6 heteroatoms. The molecular weight excluding hydrogens is 383 g/mol. The molecule has 0 unspecified atom stereocenters. The van der Waals surface area contributed by atoms with E-state index in [1.807, 2.05) is 24.3 Å². The zero-order valence-corrected chi connectivity index (χ0v) is 13.4. The highest BCUT2D eigenvalue weighted by molar-refractivity contribution is 9.11. The summed E-state index contributed by atoms with van der Waals surface area (Å²) in [6.45, 7) is 0.375. The second-order valence-electron chi connectivity index (χ2n) is 3.51. The Hall–Kier alpha value is -0.490. The molecule has 18 heavy (non-hydrogen) atoms. The summed E-state index contributed by atoms with van der Waals surface area (Å²) in [7, 11) is 1.61. The van der Waals surface area contributed by atoms with E-state index in [1.165, 1.54) is 0 Å². The minimum absolute atomic E-state index is 0.375. The fraction of sp³-hybridized carbons (Fsp3) is 0.167. The fourth-order valence-corrected chi connectivity index (χ4v) is 2.40. The molecule has 0 atom stereocenters. The lowest BCUT2D eigenvalue weighted by Gasteiger charge is -2.08. The first-order valence-corrected chi connectivity index (χ1v) is 7.05. The molecule has 2 aromatic rings. The first-order valence-electron chi connectivity index (χ1n) is 5.09. The van der Waals surface area contributed by atoms with Crippen molar-refractivity contribution in [3.63, 3.8) is 0 Å². The highest BCUT2D eigenvalue weighted by Crippen LogP contribution is 2.30. The molecule has 0 spiro atoms. The van der Waals surface area contributed by atoms with E-state index in [9.17, 15) is 0 Å². The monoisotopic (exact) mass is 390 g/mol. The van der Waals surface area contributed by atoms with Gasteiger partial charge in [-0.3, -0.25) is 0 Å². The van der Waals surface area contributed by atoms with Crippen molar-refractivity contribution in [1.82, 2.24) is 9.97 Å². The molecule has 0 fully saturated rings. The predicted molar refractivity (Wildman–Crippen MR) is 78.6 cm³/mol. The molecule has 0 bridgehead atoms. The van der Waals surface area contributed by atoms with Crippen LogP contribution >= 0.6 is 43.5 Å². The van der Waals surface area contributed by atoms with Crippen molar-refractivity contribution in [2.45, 2.75) is 6.61 Å². The van der Waals surface area contributed by atoms with E-state index >= 15 is 0 Å². The normalized spacial score (nSPS) is 10.7. The van der Waals surface area contributed by atoms with Gasteiger partial charge >= 0.3 is 0 Å². The molecule has 1 aromatic carbocycles. The van der Waals surface area contributed by atoms with E-state index in [4.69, 9.17) is 16.3 Å². The molecule has 0 saturated heterocycles. The van der Waals surface area contributed by atoms with E-state index in [1.54, 1.807) is 7.11 Å². The van der Waals surface area contributed by atoms with Gasteiger partial charge in [0.05, 0.1) is 16.8 Å². The Morgan fingerprint density at radius 3 is 2.61 bits per heavy atom. The summed E-state index contributed by atoms with van der Waals surface area (Å²) in [5.41, 5.74) is 1.62. The Morgan fingerprint density at radius 2 is 1.94 bits per heavy atom. The van der Waals surface area contributed by atoms with Crippen molar-refractivity contribution < 1.29 is 4.74 Å². The highest BCUT2D eigenvalue weighted by Gasteiger charge is 2.13. The van der Waals surface area contributed by atoms with Crippen LogP contribution in [0.3, 0.4) is 0 Å². The zero-order chi connectivity index (χ0) is 13.1. The van der Waals surface area contributed by atoms with Gasteiger partial charge < -0.3 is 4.74 Å². The number of nitrogens with zero attached hydrogens (tertiary/aromatic N) is 2. The van der Waals surface area contributed by atoms with Gasteiger partial charge in [-0.05, 0) is 22.0 Å². The van der Waals surface area contributed by atoms with Crippen molar-refractivity contribution in [2.75, 3.05) is 7.11 Å². The molecule has 0 N–H and O–H groups in total. The van der Waals surface area contributed by atoms with Crippen molar-refractivity contribution in [3.8, 4) is 11.4 Å². The minimum atomic E-state index is 0.375. The van der Waals surface area contributed by atoms with Crippen LogP contribution in [0.4, 0.5) is 0 Å². The van der Waals surface area contributed by atoms with Gasteiger partial charge in [0.25, 0.3) is 0 Å². The first kappa shape index (κ1) is 13.9. The van der Waals surface area contributed by atoms with Gasteiger partial charge in [-0.1, -0.05) is 45.7 Å². The van der Waals surface area contributed by atoms with Crippen molar-refractivity contribution in [2.24, 2.45) is 0 Å². The van der Waals surface area contributed by atoms with E-state index in [-0.39, 0.29) is 0 Å². The summed E-state index contributed by atoms with van der Waals surface area (Å²) in [5.74, 6) is 0.572. The molecule has 2 rings (SSSR count). The third kappa shape index (κ3) is 2.91. The van der Waals surface area contributed by atoms with E-state index < -0.39 is 0 Å². The van der Waals surface area contributed by atoms with Crippen molar-refractivity contribution in [3.05, 3.63) is 44.1 Å². The first-order chi connectivity index (χ1) is 8.63. The van der Waals surface area contributed by atoms with Crippen LogP contribution in [0.5, 0.6) is 0 Å². The van der Waals surface area contributed by atoms with Gasteiger partial charge in [-0.25, -0.2) is 9.97 Å². The van der Waals surface area contributed by atoms with Gasteiger partial charge in [0.2, 0.25) is 0 Å². The number of hydrogen-bond donors (Lipinski definition) is 0. The summed E-state index contributed by atoms with van der Waals surface area (Å²) < 4.78 is 6.69.